The lowest BCUT2D eigenvalue weighted by atomic mass is 10.1. The normalized spacial score (nSPS) is 11.6. The van der Waals surface area contributed by atoms with Crippen LogP contribution in [0.25, 0.3) is 0 Å². The van der Waals surface area contributed by atoms with Crippen LogP contribution in [0.3, 0.4) is 0 Å². The zero-order valence-corrected chi connectivity index (χ0v) is 10.8. The molecule has 0 unspecified atom stereocenters. The van der Waals surface area contributed by atoms with Gasteiger partial charge in [-0.15, -0.1) is 24.5 Å². The van der Waals surface area contributed by atoms with Crippen molar-refractivity contribution >= 4 is 16.5 Å². The lowest BCUT2D eigenvalue weighted by Gasteiger charge is -2.09. The molecule has 0 radical (unpaired) electrons. The Kier molecular flexibility index (Phi) is 3.66. The van der Waals surface area contributed by atoms with Gasteiger partial charge in [-0.3, -0.25) is 0 Å². The van der Waals surface area contributed by atoms with Gasteiger partial charge >= 0.3 is 6.36 Å². The summed E-state index contributed by atoms with van der Waals surface area (Å²) in [7, 11) is 0. The van der Waals surface area contributed by atoms with Crippen LogP contribution in [0, 0.1) is 6.92 Å². The first-order valence-electron chi connectivity index (χ1n) is 5.40. The monoisotopic (exact) mass is 288 g/mol. The van der Waals surface area contributed by atoms with Crippen molar-refractivity contribution in [2.45, 2.75) is 19.7 Å². The fraction of sp³-hybridized carbons (Fsp3) is 0.250. The van der Waals surface area contributed by atoms with Gasteiger partial charge in [-0.2, -0.15) is 0 Å². The highest BCUT2D eigenvalue weighted by Gasteiger charge is 2.31. The molecule has 0 saturated carbocycles. The van der Waals surface area contributed by atoms with Crippen molar-refractivity contribution in [2.24, 2.45) is 0 Å². The van der Waals surface area contributed by atoms with E-state index < -0.39 is 6.36 Å². The van der Waals surface area contributed by atoms with E-state index in [-0.39, 0.29) is 5.75 Å². The molecule has 0 amide bonds. The average Bonchev–Trinajstić information content (AvgIpc) is 2.55. The van der Waals surface area contributed by atoms with Crippen molar-refractivity contribution < 1.29 is 17.9 Å². The van der Waals surface area contributed by atoms with Crippen molar-refractivity contribution in [1.29, 1.82) is 0 Å². The summed E-state index contributed by atoms with van der Waals surface area (Å²) in [6.07, 6.45) is -4.20. The maximum Gasteiger partial charge on any atom is 0.573 e. The SMILES string of the molecule is Cc1nc(N)sc1Cc1cccc(OC(F)(F)F)c1. The van der Waals surface area contributed by atoms with Gasteiger partial charge < -0.3 is 10.5 Å². The highest BCUT2D eigenvalue weighted by Crippen LogP contribution is 2.27. The third-order valence-electron chi connectivity index (χ3n) is 2.41. The van der Waals surface area contributed by atoms with E-state index in [1.807, 2.05) is 6.92 Å². The number of nitrogen functional groups attached to an aromatic ring is 1. The molecular formula is C12H11F3N2OS. The van der Waals surface area contributed by atoms with E-state index in [2.05, 4.69) is 9.72 Å². The fourth-order valence-corrected chi connectivity index (χ4v) is 2.52. The number of nitrogens with two attached hydrogens (primary N) is 1. The minimum atomic E-state index is -4.68. The third-order valence-corrected chi connectivity index (χ3v) is 3.39. The molecule has 1 aromatic carbocycles. The number of alkyl halides is 3. The van der Waals surface area contributed by atoms with Crippen molar-refractivity contribution in [2.75, 3.05) is 5.73 Å². The number of hydrogen-bond acceptors (Lipinski definition) is 4. The van der Waals surface area contributed by atoms with Gasteiger partial charge in [-0.05, 0) is 24.6 Å². The number of benzene rings is 1. The second-order valence-corrected chi connectivity index (χ2v) is 5.05. The van der Waals surface area contributed by atoms with Gasteiger partial charge in [0, 0.05) is 11.3 Å². The Balaban J connectivity index is 2.17. The molecule has 1 aromatic heterocycles. The number of rotatable bonds is 3. The fourth-order valence-electron chi connectivity index (χ4n) is 1.65. The second kappa shape index (κ2) is 5.08. The van der Waals surface area contributed by atoms with E-state index in [1.54, 1.807) is 6.07 Å². The quantitative estimate of drug-likeness (QED) is 0.940. The number of nitrogens with zero attached hydrogens (tertiary/aromatic N) is 1. The Morgan fingerprint density at radius 3 is 2.68 bits per heavy atom. The predicted octanol–water partition coefficient (Wildman–Crippen LogP) is 3.52. The van der Waals surface area contributed by atoms with Crippen molar-refractivity contribution in [1.82, 2.24) is 4.98 Å². The summed E-state index contributed by atoms with van der Waals surface area (Å²) >= 11 is 1.33. The summed E-state index contributed by atoms with van der Waals surface area (Å²) in [5.74, 6) is -0.222. The standard InChI is InChI=1S/C12H11F3N2OS/c1-7-10(19-11(16)17-7)6-8-3-2-4-9(5-8)18-12(13,14)15/h2-5H,6H2,1H3,(H2,16,17). The molecule has 3 nitrogen and oxygen atoms in total. The van der Waals surface area contributed by atoms with E-state index in [0.717, 1.165) is 10.6 Å². The Morgan fingerprint density at radius 2 is 2.11 bits per heavy atom. The minimum absolute atomic E-state index is 0.222. The molecule has 19 heavy (non-hydrogen) atoms. The summed E-state index contributed by atoms with van der Waals surface area (Å²) in [4.78, 5) is 5.01. The van der Waals surface area contributed by atoms with Gasteiger partial charge in [0.05, 0.1) is 5.69 Å². The molecule has 2 aromatic rings. The maximum absolute atomic E-state index is 12.1. The molecule has 0 aliphatic heterocycles. The first-order chi connectivity index (χ1) is 8.83. The zero-order valence-electron chi connectivity index (χ0n) is 9.99. The maximum atomic E-state index is 12.1. The van der Waals surface area contributed by atoms with E-state index in [9.17, 15) is 13.2 Å². The Bertz CT molecular complexity index is 581. The molecule has 0 saturated heterocycles. The van der Waals surface area contributed by atoms with Crippen molar-refractivity contribution in [3.05, 3.63) is 40.4 Å². The molecule has 0 bridgehead atoms. The lowest BCUT2D eigenvalue weighted by Crippen LogP contribution is -2.17. The zero-order chi connectivity index (χ0) is 14.0. The number of ether oxygens (including phenoxy) is 1. The Hall–Kier alpha value is -1.76. The second-order valence-electron chi connectivity index (χ2n) is 3.93. The first kappa shape index (κ1) is 13.7. The summed E-state index contributed by atoms with van der Waals surface area (Å²) in [6, 6.07) is 5.89. The van der Waals surface area contributed by atoms with Crippen LogP contribution in [-0.4, -0.2) is 11.3 Å². The topological polar surface area (TPSA) is 48.1 Å². The van der Waals surface area contributed by atoms with Gasteiger partial charge in [-0.25, -0.2) is 4.98 Å². The minimum Gasteiger partial charge on any atom is -0.406 e. The number of aryl methyl sites for hydroxylation is 1. The van der Waals surface area contributed by atoms with Crippen LogP contribution in [-0.2, 0) is 6.42 Å². The Morgan fingerprint density at radius 1 is 1.37 bits per heavy atom. The lowest BCUT2D eigenvalue weighted by molar-refractivity contribution is -0.274. The van der Waals surface area contributed by atoms with Gasteiger partial charge in [-0.1, -0.05) is 12.1 Å². The first-order valence-corrected chi connectivity index (χ1v) is 6.21. The van der Waals surface area contributed by atoms with Crippen LogP contribution in [0.1, 0.15) is 16.1 Å². The molecule has 0 aliphatic carbocycles. The molecule has 1 heterocycles. The van der Waals surface area contributed by atoms with Crippen LogP contribution < -0.4 is 10.5 Å². The molecule has 0 aliphatic rings. The number of thiazole rings is 1. The molecule has 2 rings (SSSR count). The molecule has 0 atom stereocenters. The summed E-state index contributed by atoms with van der Waals surface area (Å²) in [6.45, 7) is 1.82. The average molecular weight is 288 g/mol. The summed E-state index contributed by atoms with van der Waals surface area (Å²) < 4.78 is 40.2. The molecule has 0 spiro atoms. The number of aromatic nitrogens is 1. The number of hydrogen-bond donors (Lipinski definition) is 1. The van der Waals surface area contributed by atoms with Crippen LogP contribution in [0.15, 0.2) is 24.3 Å². The molecule has 2 N–H and O–H groups in total. The smallest absolute Gasteiger partial charge is 0.406 e. The third kappa shape index (κ3) is 3.85. The molecule has 0 fully saturated rings. The van der Waals surface area contributed by atoms with E-state index in [0.29, 0.717) is 17.1 Å². The Labute approximate surface area is 111 Å². The largest absolute Gasteiger partial charge is 0.573 e. The van der Waals surface area contributed by atoms with Crippen LogP contribution in [0.2, 0.25) is 0 Å². The van der Waals surface area contributed by atoms with Crippen LogP contribution in [0.5, 0.6) is 5.75 Å². The van der Waals surface area contributed by atoms with Crippen LogP contribution in [0.4, 0.5) is 18.3 Å². The summed E-state index contributed by atoms with van der Waals surface area (Å²) in [5, 5.41) is 0.454. The highest BCUT2D eigenvalue weighted by atomic mass is 32.1. The van der Waals surface area contributed by atoms with E-state index in [1.165, 1.54) is 29.5 Å². The molecule has 102 valence electrons. The number of halogens is 3. The van der Waals surface area contributed by atoms with Gasteiger partial charge in [0.2, 0.25) is 0 Å². The van der Waals surface area contributed by atoms with Crippen molar-refractivity contribution in [3.63, 3.8) is 0 Å². The predicted molar refractivity (Wildman–Crippen MR) is 67.2 cm³/mol. The van der Waals surface area contributed by atoms with E-state index in [4.69, 9.17) is 5.73 Å². The number of anilines is 1. The van der Waals surface area contributed by atoms with Crippen molar-refractivity contribution in [3.8, 4) is 5.75 Å². The van der Waals surface area contributed by atoms with E-state index >= 15 is 0 Å². The molecule has 7 heteroatoms. The van der Waals surface area contributed by atoms with Gasteiger partial charge in [0.1, 0.15) is 5.75 Å². The highest BCUT2D eigenvalue weighted by molar-refractivity contribution is 7.15. The molecular weight excluding hydrogens is 277 g/mol. The van der Waals surface area contributed by atoms with Crippen LogP contribution >= 0.6 is 11.3 Å². The van der Waals surface area contributed by atoms with Gasteiger partial charge in [0.15, 0.2) is 5.13 Å². The van der Waals surface area contributed by atoms with Gasteiger partial charge in [0.25, 0.3) is 0 Å². The summed E-state index contributed by atoms with van der Waals surface area (Å²) in [5.41, 5.74) is 7.09.